The third kappa shape index (κ3) is 6.55. The number of hydrogen-bond acceptors (Lipinski definition) is 5. The number of benzene rings is 2. The first-order chi connectivity index (χ1) is 14.7. The maximum Gasteiger partial charge on any atom is 0.300 e. The summed E-state index contributed by atoms with van der Waals surface area (Å²) in [5, 5.41) is 17.1. The van der Waals surface area contributed by atoms with Gasteiger partial charge in [0.25, 0.3) is 11.9 Å². The minimum Gasteiger partial charge on any atom is -0.496 e. The van der Waals surface area contributed by atoms with Gasteiger partial charge in [-0.25, -0.2) is 4.98 Å². The van der Waals surface area contributed by atoms with Crippen molar-refractivity contribution in [2.24, 2.45) is 5.73 Å². The second-order valence-corrected chi connectivity index (χ2v) is 7.28. The highest BCUT2D eigenvalue weighted by atomic mass is 16.5. The van der Waals surface area contributed by atoms with Crippen LogP contribution in [-0.4, -0.2) is 44.9 Å². The topological polar surface area (TPSA) is 128 Å². The van der Waals surface area contributed by atoms with Crippen molar-refractivity contribution < 1.29 is 24.5 Å². The molecule has 2 atom stereocenters. The van der Waals surface area contributed by atoms with Gasteiger partial charge in [0.05, 0.1) is 7.11 Å². The van der Waals surface area contributed by atoms with Crippen LogP contribution in [0.2, 0.25) is 0 Å². The average Bonchev–Trinajstić information content (AvgIpc) is 3.35. The molecule has 0 radical (unpaired) electrons. The molecule has 8 heteroatoms. The molecule has 0 unspecified atom stereocenters. The molecule has 4 rings (SSSR count). The van der Waals surface area contributed by atoms with Crippen molar-refractivity contribution in [2.45, 2.75) is 45.2 Å². The quantitative estimate of drug-likeness (QED) is 0.577. The average molecular weight is 428 g/mol. The molecule has 166 valence electrons. The number of nitrogens with two attached hydrogens (primary N) is 1. The van der Waals surface area contributed by atoms with Gasteiger partial charge >= 0.3 is 0 Å². The summed E-state index contributed by atoms with van der Waals surface area (Å²) in [6, 6.07) is 13.2. The summed E-state index contributed by atoms with van der Waals surface area (Å²) in [6.07, 6.45) is 7.21. The van der Waals surface area contributed by atoms with E-state index in [9.17, 15) is 0 Å². The van der Waals surface area contributed by atoms with E-state index in [0.29, 0.717) is 12.1 Å². The molecule has 4 N–H and O–H groups in total. The molecule has 1 aromatic heterocycles. The van der Waals surface area contributed by atoms with Crippen LogP contribution in [0.5, 0.6) is 5.75 Å². The highest BCUT2D eigenvalue weighted by Crippen LogP contribution is 2.37. The molecular formula is C23H29N3O5. The van der Waals surface area contributed by atoms with Gasteiger partial charge in [-0.1, -0.05) is 24.3 Å². The van der Waals surface area contributed by atoms with Crippen molar-refractivity contribution in [1.82, 2.24) is 9.55 Å². The van der Waals surface area contributed by atoms with Gasteiger partial charge in [0.15, 0.2) is 0 Å². The molecule has 0 saturated heterocycles. The lowest BCUT2D eigenvalue weighted by Crippen LogP contribution is -2.16. The van der Waals surface area contributed by atoms with Crippen LogP contribution in [0, 0.1) is 0 Å². The first-order valence-corrected chi connectivity index (χ1v) is 9.98. The maximum absolute atomic E-state index is 9.00. The van der Waals surface area contributed by atoms with E-state index in [2.05, 4.69) is 40.0 Å². The van der Waals surface area contributed by atoms with Crippen LogP contribution < -0.4 is 10.5 Å². The van der Waals surface area contributed by atoms with Crippen molar-refractivity contribution in [3.8, 4) is 17.1 Å². The van der Waals surface area contributed by atoms with E-state index in [1.807, 2.05) is 18.3 Å². The Bertz CT molecular complexity index is 1010. The monoisotopic (exact) mass is 427 g/mol. The Morgan fingerprint density at radius 1 is 1.06 bits per heavy atom. The predicted molar refractivity (Wildman–Crippen MR) is 119 cm³/mol. The SMILES string of the molecule is CC(=O)O.CC(=O)O.COc1ccc(-c2nccn2[C@@H]2CC[C@H](N)C2)c2ccccc12. The number of ether oxygens (including phenoxy) is 1. The number of aromatic nitrogens is 2. The number of rotatable bonds is 3. The number of carboxylic acids is 2. The Morgan fingerprint density at radius 3 is 2.23 bits per heavy atom. The third-order valence-corrected chi connectivity index (χ3v) is 4.85. The Labute approximate surface area is 181 Å². The third-order valence-electron chi connectivity index (χ3n) is 4.85. The number of nitrogens with zero attached hydrogens (tertiary/aromatic N) is 2. The normalized spacial score (nSPS) is 17.2. The number of aliphatic carboxylic acids is 2. The van der Waals surface area contributed by atoms with Crippen molar-refractivity contribution in [2.75, 3.05) is 7.11 Å². The number of imidazole rings is 1. The molecule has 0 aliphatic heterocycles. The second kappa shape index (κ2) is 11.1. The highest BCUT2D eigenvalue weighted by molar-refractivity contribution is 5.99. The van der Waals surface area contributed by atoms with E-state index in [1.165, 1.54) is 5.39 Å². The minimum atomic E-state index is -0.833. The van der Waals surface area contributed by atoms with E-state index in [0.717, 1.165) is 55.6 Å². The molecule has 1 aliphatic carbocycles. The molecule has 0 spiro atoms. The van der Waals surface area contributed by atoms with Gasteiger partial charge in [-0.05, 0) is 36.8 Å². The molecule has 3 aromatic rings. The maximum atomic E-state index is 9.00. The molecule has 8 nitrogen and oxygen atoms in total. The Hall–Kier alpha value is -3.39. The highest BCUT2D eigenvalue weighted by Gasteiger charge is 2.25. The second-order valence-electron chi connectivity index (χ2n) is 7.28. The zero-order valence-electron chi connectivity index (χ0n) is 18.0. The fourth-order valence-corrected chi connectivity index (χ4v) is 3.71. The smallest absolute Gasteiger partial charge is 0.300 e. The summed E-state index contributed by atoms with van der Waals surface area (Å²) >= 11 is 0. The summed E-state index contributed by atoms with van der Waals surface area (Å²) in [7, 11) is 1.71. The number of fused-ring (bicyclic) bond motifs is 1. The first kappa shape index (κ1) is 23.9. The lowest BCUT2D eigenvalue weighted by molar-refractivity contribution is -0.135. The summed E-state index contributed by atoms with van der Waals surface area (Å²) in [5.74, 6) is 0.244. The summed E-state index contributed by atoms with van der Waals surface area (Å²) in [4.78, 5) is 22.6. The number of carbonyl (C=O) groups is 2. The minimum absolute atomic E-state index is 0.308. The largest absolute Gasteiger partial charge is 0.496 e. The van der Waals surface area contributed by atoms with Crippen LogP contribution in [-0.2, 0) is 9.59 Å². The van der Waals surface area contributed by atoms with Gasteiger partial charge < -0.3 is 25.3 Å². The van der Waals surface area contributed by atoms with Crippen LogP contribution in [0.1, 0.15) is 39.2 Å². The van der Waals surface area contributed by atoms with E-state index < -0.39 is 11.9 Å². The van der Waals surface area contributed by atoms with Crippen LogP contribution in [0.3, 0.4) is 0 Å². The molecule has 1 saturated carbocycles. The Kier molecular flexibility index (Phi) is 8.57. The van der Waals surface area contributed by atoms with Crippen LogP contribution in [0.4, 0.5) is 0 Å². The first-order valence-electron chi connectivity index (χ1n) is 9.98. The molecule has 1 aliphatic rings. The molecule has 1 heterocycles. The van der Waals surface area contributed by atoms with Crippen LogP contribution in [0.25, 0.3) is 22.2 Å². The molecule has 31 heavy (non-hydrogen) atoms. The lowest BCUT2D eigenvalue weighted by Gasteiger charge is -2.17. The van der Waals surface area contributed by atoms with E-state index in [-0.39, 0.29) is 0 Å². The molecule has 0 bridgehead atoms. The zero-order valence-corrected chi connectivity index (χ0v) is 18.0. The molecule has 1 fully saturated rings. The zero-order chi connectivity index (χ0) is 23.0. The fraction of sp³-hybridized carbons (Fsp3) is 0.348. The van der Waals surface area contributed by atoms with Gasteiger partial charge in [0, 0.05) is 49.3 Å². The van der Waals surface area contributed by atoms with E-state index in [4.69, 9.17) is 30.3 Å². The summed E-state index contributed by atoms with van der Waals surface area (Å²) in [6.45, 7) is 2.17. The Morgan fingerprint density at radius 2 is 1.68 bits per heavy atom. The molecular weight excluding hydrogens is 398 g/mol. The standard InChI is InChI=1S/C19H21N3O.2C2H4O2/c1-23-18-9-8-17(15-4-2-3-5-16(15)18)19-21-10-11-22(19)14-7-6-13(20)12-14;2*1-2(3)4/h2-5,8-11,13-14H,6-7,12,20H2,1H3;2*1H3,(H,3,4)/t13-,14+;;/m0../s1. The fourth-order valence-electron chi connectivity index (χ4n) is 3.71. The number of methoxy groups -OCH3 is 1. The number of carboxylic acid groups (broad SMARTS) is 2. The Balaban J connectivity index is 0.000000370. The lowest BCUT2D eigenvalue weighted by atomic mass is 10.0. The van der Waals surface area contributed by atoms with Gasteiger partial charge in [0.2, 0.25) is 0 Å². The van der Waals surface area contributed by atoms with Crippen molar-refractivity contribution in [3.63, 3.8) is 0 Å². The van der Waals surface area contributed by atoms with Crippen molar-refractivity contribution >= 4 is 22.7 Å². The van der Waals surface area contributed by atoms with Gasteiger partial charge in [0.1, 0.15) is 11.6 Å². The van der Waals surface area contributed by atoms with Gasteiger partial charge in [-0.2, -0.15) is 0 Å². The predicted octanol–water partition coefficient (Wildman–Crippen LogP) is 3.95. The van der Waals surface area contributed by atoms with Crippen molar-refractivity contribution in [3.05, 3.63) is 48.8 Å². The van der Waals surface area contributed by atoms with E-state index in [1.54, 1.807) is 7.11 Å². The molecule has 2 aromatic carbocycles. The summed E-state index contributed by atoms with van der Waals surface area (Å²) in [5.41, 5.74) is 7.24. The molecule has 0 amide bonds. The van der Waals surface area contributed by atoms with Crippen LogP contribution >= 0.6 is 0 Å². The van der Waals surface area contributed by atoms with E-state index >= 15 is 0 Å². The van der Waals surface area contributed by atoms with Gasteiger partial charge in [-0.15, -0.1) is 0 Å². The van der Waals surface area contributed by atoms with Crippen molar-refractivity contribution in [1.29, 1.82) is 0 Å². The summed E-state index contributed by atoms with van der Waals surface area (Å²) < 4.78 is 7.79. The van der Waals surface area contributed by atoms with Gasteiger partial charge in [-0.3, -0.25) is 9.59 Å². The number of hydrogen-bond donors (Lipinski definition) is 3. The van der Waals surface area contributed by atoms with Crippen LogP contribution in [0.15, 0.2) is 48.8 Å².